The third-order valence-corrected chi connectivity index (χ3v) is 3.79. The molecule has 5 atom stereocenters. The molecule has 0 unspecified atom stereocenters. The Hall–Kier alpha value is -1.51. The fourth-order valence-electron chi connectivity index (χ4n) is 2.35. The zero-order chi connectivity index (χ0) is 17.0. The van der Waals surface area contributed by atoms with E-state index in [4.69, 9.17) is 14.6 Å². The SMILES string of the molecule is CC(=O)CCc1ccc(O[C@H]2O[C@H](CO)[C@@H](O)[C@H](O)[C@H]2O)cc1. The van der Waals surface area contributed by atoms with Crippen LogP contribution in [0.25, 0.3) is 0 Å². The highest BCUT2D eigenvalue weighted by Crippen LogP contribution is 2.24. The molecule has 2 rings (SSSR count). The van der Waals surface area contributed by atoms with Gasteiger partial charge in [-0.3, -0.25) is 0 Å². The predicted molar refractivity (Wildman–Crippen MR) is 79.8 cm³/mol. The molecular formula is C16H22O7. The van der Waals surface area contributed by atoms with Crippen molar-refractivity contribution in [3.05, 3.63) is 29.8 Å². The lowest BCUT2D eigenvalue weighted by molar-refractivity contribution is -0.277. The monoisotopic (exact) mass is 326 g/mol. The summed E-state index contributed by atoms with van der Waals surface area (Å²) in [6, 6.07) is 6.92. The highest BCUT2D eigenvalue weighted by molar-refractivity contribution is 5.75. The van der Waals surface area contributed by atoms with Gasteiger partial charge >= 0.3 is 0 Å². The lowest BCUT2D eigenvalue weighted by atomic mass is 9.99. The summed E-state index contributed by atoms with van der Waals surface area (Å²) in [7, 11) is 0. The van der Waals surface area contributed by atoms with Crippen LogP contribution >= 0.6 is 0 Å². The summed E-state index contributed by atoms with van der Waals surface area (Å²) in [5.74, 6) is 0.521. The van der Waals surface area contributed by atoms with Crippen LogP contribution in [0.1, 0.15) is 18.9 Å². The van der Waals surface area contributed by atoms with Crippen molar-refractivity contribution in [2.45, 2.75) is 50.5 Å². The van der Waals surface area contributed by atoms with Crippen molar-refractivity contribution in [3.8, 4) is 5.75 Å². The minimum absolute atomic E-state index is 0.117. The molecule has 0 radical (unpaired) electrons. The van der Waals surface area contributed by atoms with E-state index in [0.29, 0.717) is 18.6 Å². The second-order valence-electron chi connectivity index (χ2n) is 5.66. The van der Waals surface area contributed by atoms with Crippen molar-refractivity contribution < 1.29 is 34.7 Å². The molecular weight excluding hydrogens is 304 g/mol. The molecule has 0 saturated carbocycles. The second kappa shape index (κ2) is 7.85. The molecule has 0 aromatic heterocycles. The minimum atomic E-state index is -1.47. The predicted octanol–water partition coefficient (Wildman–Crippen LogP) is -0.613. The lowest BCUT2D eigenvalue weighted by Gasteiger charge is -2.39. The van der Waals surface area contributed by atoms with Crippen molar-refractivity contribution in [2.24, 2.45) is 0 Å². The van der Waals surface area contributed by atoms with E-state index >= 15 is 0 Å². The van der Waals surface area contributed by atoms with Gasteiger partial charge in [0.25, 0.3) is 0 Å². The van der Waals surface area contributed by atoms with Gasteiger partial charge < -0.3 is 34.7 Å². The average Bonchev–Trinajstić information content (AvgIpc) is 2.54. The van der Waals surface area contributed by atoms with Crippen LogP contribution < -0.4 is 4.74 Å². The summed E-state index contributed by atoms with van der Waals surface area (Å²) >= 11 is 0. The highest BCUT2D eigenvalue weighted by Gasteiger charge is 2.44. The van der Waals surface area contributed by atoms with Crippen molar-refractivity contribution in [3.63, 3.8) is 0 Å². The molecule has 0 amide bonds. The summed E-state index contributed by atoms with van der Waals surface area (Å²) < 4.78 is 10.7. The summed E-state index contributed by atoms with van der Waals surface area (Å²) in [5.41, 5.74) is 0.973. The zero-order valence-corrected chi connectivity index (χ0v) is 12.8. The standard InChI is InChI=1S/C16H22O7/c1-9(18)2-3-10-4-6-11(7-5-10)22-16-15(21)14(20)13(19)12(8-17)23-16/h4-7,12-17,19-21H,2-3,8H2,1H3/t12-,13-,14+,15-,16+/m1/s1. The molecule has 23 heavy (non-hydrogen) atoms. The smallest absolute Gasteiger partial charge is 0.229 e. The molecule has 7 nitrogen and oxygen atoms in total. The number of rotatable bonds is 6. The first kappa shape index (κ1) is 17.8. The molecule has 1 aromatic rings. The number of hydrogen-bond donors (Lipinski definition) is 4. The van der Waals surface area contributed by atoms with Crippen molar-refractivity contribution in [1.29, 1.82) is 0 Å². The molecule has 0 bridgehead atoms. The van der Waals surface area contributed by atoms with Gasteiger partial charge in [-0.15, -0.1) is 0 Å². The van der Waals surface area contributed by atoms with Crippen molar-refractivity contribution >= 4 is 5.78 Å². The zero-order valence-electron chi connectivity index (χ0n) is 12.8. The maximum Gasteiger partial charge on any atom is 0.229 e. The Bertz CT molecular complexity index is 514. The van der Waals surface area contributed by atoms with Crippen LogP contribution in [0.15, 0.2) is 24.3 Å². The van der Waals surface area contributed by atoms with E-state index in [0.717, 1.165) is 5.56 Å². The Labute approximate surface area is 134 Å². The topological polar surface area (TPSA) is 116 Å². The first-order valence-electron chi connectivity index (χ1n) is 7.48. The van der Waals surface area contributed by atoms with E-state index in [2.05, 4.69) is 0 Å². The molecule has 7 heteroatoms. The Balaban J connectivity index is 1.99. The molecule has 1 saturated heterocycles. The normalized spacial score (nSPS) is 30.9. The molecule has 0 spiro atoms. The van der Waals surface area contributed by atoms with Gasteiger partial charge in [0.15, 0.2) is 0 Å². The van der Waals surface area contributed by atoms with E-state index in [1.54, 1.807) is 24.3 Å². The van der Waals surface area contributed by atoms with Crippen LogP contribution in [0.3, 0.4) is 0 Å². The van der Waals surface area contributed by atoms with E-state index in [1.165, 1.54) is 6.92 Å². The number of ether oxygens (including phenoxy) is 2. The van der Waals surface area contributed by atoms with Gasteiger partial charge in [0.2, 0.25) is 6.29 Å². The van der Waals surface area contributed by atoms with Gasteiger partial charge in [-0.05, 0) is 31.0 Å². The third kappa shape index (κ3) is 4.49. The third-order valence-electron chi connectivity index (χ3n) is 3.79. The van der Waals surface area contributed by atoms with Crippen LogP contribution in [-0.2, 0) is 16.0 Å². The van der Waals surface area contributed by atoms with E-state index < -0.39 is 37.3 Å². The van der Waals surface area contributed by atoms with Gasteiger partial charge in [-0.25, -0.2) is 0 Å². The van der Waals surface area contributed by atoms with Gasteiger partial charge in [-0.1, -0.05) is 12.1 Å². The van der Waals surface area contributed by atoms with Crippen LogP contribution in [-0.4, -0.2) is 63.5 Å². The number of carbonyl (C=O) groups excluding carboxylic acids is 1. The number of carbonyl (C=O) groups is 1. The molecule has 1 fully saturated rings. The number of benzene rings is 1. The molecule has 128 valence electrons. The van der Waals surface area contributed by atoms with Gasteiger partial charge in [0.1, 0.15) is 35.9 Å². The molecule has 4 N–H and O–H groups in total. The van der Waals surface area contributed by atoms with Gasteiger partial charge in [0, 0.05) is 6.42 Å². The Morgan fingerprint density at radius 2 is 1.78 bits per heavy atom. The first-order valence-corrected chi connectivity index (χ1v) is 7.48. The number of aryl methyl sites for hydroxylation is 1. The van der Waals surface area contributed by atoms with Crippen LogP contribution in [0.5, 0.6) is 5.75 Å². The largest absolute Gasteiger partial charge is 0.462 e. The Morgan fingerprint density at radius 1 is 1.13 bits per heavy atom. The van der Waals surface area contributed by atoms with Crippen LogP contribution in [0.2, 0.25) is 0 Å². The quantitative estimate of drug-likeness (QED) is 0.551. The average molecular weight is 326 g/mol. The van der Waals surface area contributed by atoms with Gasteiger partial charge in [-0.2, -0.15) is 0 Å². The molecule has 1 aliphatic rings. The number of aliphatic hydroxyl groups is 4. The second-order valence-corrected chi connectivity index (χ2v) is 5.66. The molecule has 1 aliphatic heterocycles. The Morgan fingerprint density at radius 3 is 2.35 bits per heavy atom. The summed E-state index contributed by atoms with van der Waals surface area (Å²) in [5, 5.41) is 38.4. The number of Topliss-reactive ketones (excluding diaryl/α,β-unsaturated/α-hetero) is 1. The minimum Gasteiger partial charge on any atom is -0.462 e. The van der Waals surface area contributed by atoms with Gasteiger partial charge in [0.05, 0.1) is 6.61 Å². The summed E-state index contributed by atoms with van der Waals surface area (Å²) in [6.45, 7) is 1.03. The lowest BCUT2D eigenvalue weighted by Crippen LogP contribution is -2.60. The fourth-order valence-corrected chi connectivity index (χ4v) is 2.35. The van der Waals surface area contributed by atoms with E-state index in [1.807, 2.05) is 0 Å². The fraction of sp³-hybridized carbons (Fsp3) is 0.562. The molecule has 1 heterocycles. The molecule has 0 aliphatic carbocycles. The highest BCUT2D eigenvalue weighted by atomic mass is 16.7. The first-order chi connectivity index (χ1) is 10.9. The van der Waals surface area contributed by atoms with E-state index in [9.17, 15) is 20.1 Å². The Kier molecular flexibility index (Phi) is 6.09. The maximum atomic E-state index is 11.0. The van der Waals surface area contributed by atoms with Crippen LogP contribution in [0, 0.1) is 0 Å². The van der Waals surface area contributed by atoms with Crippen molar-refractivity contribution in [1.82, 2.24) is 0 Å². The number of ketones is 1. The van der Waals surface area contributed by atoms with E-state index in [-0.39, 0.29) is 5.78 Å². The van der Waals surface area contributed by atoms with Crippen molar-refractivity contribution in [2.75, 3.05) is 6.61 Å². The maximum absolute atomic E-state index is 11.0. The summed E-state index contributed by atoms with van der Waals surface area (Å²) in [6.07, 6.45) is -5.43. The number of hydrogen-bond acceptors (Lipinski definition) is 7. The summed E-state index contributed by atoms with van der Waals surface area (Å²) in [4.78, 5) is 11.0. The van der Waals surface area contributed by atoms with Crippen LogP contribution in [0.4, 0.5) is 0 Å². The molecule has 1 aromatic carbocycles. The number of aliphatic hydroxyl groups excluding tert-OH is 4.